The third kappa shape index (κ3) is 6.06. The molecule has 1 heterocycles. The van der Waals surface area contributed by atoms with Crippen molar-refractivity contribution in [2.75, 3.05) is 24.5 Å². The first-order valence-corrected chi connectivity index (χ1v) is 10.2. The van der Waals surface area contributed by atoms with Gasteiger partial charge in [-0.25, -0.2) is 4.31 Å². The van der Waals surface area contributed by atoms with Crippen LogP contribution in [-0.4, -0.2) is 47.4 Å². The molecule has 1 aliphatic rings. The maximum absolute atomic E-state index is 12.3. The predicted octanol–water partition coefficient (Wildman–Crippen LogP) is 4.74. The Morgan fingerprint density at radius 1 is 1.20 bits per heavy atom. The zero-order valence-corrected chi connectivity index (χ0v) is 17.5. The monoisotopic (exact) mass is 440 g/mol. The Bertz CT molecular complexity index is 890. The van der Waals surface area contributed by atoms with Gasteiger partial charge in [0.2, 0.25) is 0 Å². The zero-order valence-electron chi connectivity index (χ0n) is 16.6. The summed E-state index contributed by atoms with van der Waals surface area (Å²) in [6.07, 6.45) is -4.70. The molecule has 0 aromatic heterocycles. The number of aryl methyl sites for hydroxylation is 1. The Morgan fingerprint density at radius 2 is 1.90 bits per heavy atom. The van der Waals surface area contributed by atoms with E-state index in [0.29, 0.717) is 0 Å². The van der Waals surface area contributed by atoms with Crippen molar-refractivity contribution in [2.45, 2.75) is 37.6 Å². The van der Waals surface area contributed by atoms with Crippen LogP contribution < -0.4 is 9.64 Å². The molecule has 0 saturated carbocycles. The van der Waals surface area contributed by atoms with Crippen LogP contribution in [0.4, 0.5) is 18.9 Å². The maximum atomic E-state index is 12.3. The fourth-order valence-electron chi connectivity index (χ4n) is 3.36. The molecule has 1 aliphatic heterocycles. The SMILES string of the molecule is Cc1ccc(SN2CCN(c3ccc(OC(F)(F)F)cc3)CC2C)cc1CC(=O)O. The van der Waals surface area contributed by atoms with E-state index in [1.54, 1.807) is 24.1 Å². The third-order valence-corrected chi connectivity index (χ3v) is 6.13. The Balaban J connectivity index is 1.61. The average molecular weight is 440 g/mol. The average Bonchev–Trinajstić information content (AvgIpc) is 2.65. The predicted molar refractivity (Wildman–Crippen MR) is 110 cm³/mol. The molecule has 1 unspecified atom stereocenters. The summed E-state index contributed by atoms with van der Waals surface area (Å²) in [5, 5.41) is 9.07. The Morgan fingerprint density at radius 3 is 2.50 bits per heavy atom. The Labute approximate surface area is 177 Å². The molecule has 1 N–H and O–H groups in total. The number of piperazine rings is 1. The lowest BCUT2D eigenvalue weighted by Crippen LogP contribution is -2.49. The van der Waals surface area contributed by atoms with E-state index in [1.807, 2.05) is 25.1 Å². The zero-order chi connectivity index (χ0) is 21.9. The first-order valence-electron chi connectivity index (χ1n) is 9.47. The molecule has 0 amide bonds. The van der Waals surface area contributed by atoms with Crippen LogP contribution in [0.25, 0.3) is 0 Å². The van der Waals surface area contributed by atoms with Crippen LogP contribution in [0.3, 0.4) is 0 Å². The number of anilines is 1. The molecular weight excluding hydrogens is 417 g/mol. The molecule has 30 heavy (non-hydrogen) atoms. The molecule has 1 saturated heterocycles. The largest absolute Gasteiger partial charge is 0.573 e. The van der Waals surface area contributed by atoms with Gasteiger partial charge in [-0.2, -0.15) is 0 Å². The van der Waals surface area contributed by atoms with Crippen LogP contribution in [0.5, 0.6) is 5.75 Å². The summed E-state index contributed by atoms with van der Waals surface area (Å²) in [7, 11) is 0. The van der Waals surface area contributed by atoms with E-state index >= 15 is 0 Å². The fraction of sp³-hybridized carbons (Fsp3) is 0.381. The van der Waals surface area contributed by atoms with Gasteiger partial charge in [-0.1, -0.05) is 6.07 Å². The van der Waals surface area contributed by atoms with Gasteiger partial charge in [-0.05, 0) is 73.3 Å². The molecule has 0 radical (unpaired) electrons. The summed E-state index contributed by atoms with van der Waals surface area (Å²) in [5.74, 6) is -1.08. The minimum absolute atomic E-state index is 0.00237. The van der Waals surface area contributed by atoms with E-state index in [2.05, 4.69) is 20.9 Å². The van der Waals surface area contributed by atoms with Crippen LogP contribution in [0, 0.1) is 6.92 Å². The summed E-state index contributed by atoms with van der Waals surface area (Å²) in [4.78, 5) is 14.2. The van der Waals surface area contributed by atoms with Crippen molar-refractivity contribution in [3.8, 4) is 5.75 Å². The van der Waals surface area contributed by atoms with Crippen LogP contribution in [-0.2, 0) is 11.2 Å². The van der Waals surface area contributed by atoms with Crippen molar-refractivity contribution in [1.29, 1.82) is 0 Å². The second kappa shape index (κ2) is 9.18. The number of alkyl halides is 3. The van der Waals surface area contributed by atoms with E-state index in [4.69, 9.17) is 5.11 Å². The second-order valence-corrected chi connectivity index (χ2v) is 8.35. The molecule has 3 rings (SSSR count). The highest BCUT2D eigenvalue weighted by atomic mass is 32.2. The van der Waals surface area contributed by atoms with Gasteiger partial charge in [0, 0.05) is 36.3 Å². The van der Waals surface area contributed by atoms with E-state index in [-0.39, 0.29) is 18.2 Å². The number of aliphatic carboxylic acids is 1. The van der Waals surface area contributed by atoms with Crippen molar-refractivity contribution in [2.24, 2.45) is 0 Å². The number of nitrogens with zero attached hydrogens (tertiary/aromatic N) is 2. The summed E-state index contributed by atoms with van der Waals surface area (Å²) >= 11 is 1.60. The van der Waals surface area contributed by atoms with Crippen LogP contribution in [0.15, 0.2) is 47.4 Å². The quantitative estimate of drug-likeness (QED) is 0.655. The number of halogens is 3. The normalized spacial score (nSPS) is 17.8. The second-order valence-electron chi connectivity index (χ2n) is 7.23. The minimum Gasteiger partial charge on any atom is -0.481 e. The standard InChI is InChI=1S/C21H23F3N2O3S/c1-14-3-8-19(11-16(14)12-20(27)28)30-26-10-9-25(13-15(26)2)17-4-6-18(7-5-17)29-21(22,23)24/h3-8,11,15H,9-10,12-13H2,1-2H3,(H,27,28). The van der Waals surface area contributed by atoms with Gasteiger partial charge in [0.25, 0.3) is 0 Å². The highest BCUT2D eigenvalue weighted by molar-refractivity contribution is 7.97. The van der Waals surface area contributed by atoms with Gasteiger partial charge in [-0.3, -0.25) is 4.79 Å². The maximum Gasteiger partial charge on any atom is 0.573 e. The number of hydrogen-bond donors (Lipinski definition) is 1. The van der Waals surface area contributed by atoms with Gasteiger partial charge in [0.15, 0.2) is 0 Å². The molecule has 2 aromatic carbocycles. The highest BCUT2D eigenvalue weighted by Crippen LogP contribution is 2.31. The van der Waals surface area contributed by atoms with Crippen molar-refractivity contribution in [1.82, 2.24) is 4.31 Å². The molecule has 1 fully saturated rings. The molecule has 5 nitrogen and oxygen atoms in total. The number of carboxylic acid groups (broad SMARTS) is 1. The first kappa shape index (κ1) is 22.3. The van der Waals surface area contributed by atoms with E-state index in [1.165, 1.54) is 12.1 Å². The Kier molecular flexibility index (Phi) is 6.82. The van der Waals surface area contributed by atoms with Gasteiger partial charge < -0.3 is 14.7 Å². The van der Waals surface area contributed by atoms with Gasteiger partial charge in [0.1, 0.15) is 5.75 Å². The topological polar surface area (TPSA) is 53.0 Å². The van der Waals surface area contributed by atoms with Crippen LogP contribution in [0.2, 0.25) is 0 Å². The first-order chi connectivity index (χ1) is 14.1. The molecule has 0 bridgehead atoms. The highest BCUT2D eigenvalue weighted by Gasteiger charge is 2.31. The van der Waals surface area contributed by atoms with Gasteiger partial charge >= 0.3 is 12.3 Å². The molecule has 9 heteroatoms. The summed E-state index contributed by atoms with van der Waals surface area (Å²) in [6, 6.07) is 12.0. The third-order valence-electron chi connectivity index (χ3n) is 4.89. The lowest BCUT2D eigenvalue weighted by molar-refractivity contribution is -0.274. The molecular formula is C21H23F3N2O3S. The van der Waals surface area contributed by atoms with Crippen LogP contribution in [0.1, 0.15) is 18.1 Å². The van der Waals surface area contributed by atoms with Crippen molar-refractivity contribution >= 4 is 23.6 Å². The van der Waals surface area contributed by atoms with Gasteiger partial charge in [-0.15, -0.1) is 13.2 Å². The Hall–Kier alpha value is -2.39. The molecule has 2 aromatic rings. The number of carbonyl (C=O) groups is 1. The molecule has 1 atom stereocenters. The fourth-order valence-corrected chi connectivity index (χ4v) is 4.38. The van der Waals surface area contributed by atoms with Crippen molar-refractivity contribution in [3.63, 3.8) is 0 Å². The van der Waals surface area contributed by atoms with Crippen molar-refractivity contribution in [3.05, 3.63) is 53.6 Å². The lowest BCUT2D eigenvalue weighted by Gasteiger charge is -2.40. The molecule has 0 aliphatic carbocycles. The summed E-state index contributed by atoms with van der Waals surface area (Å²) in [5.41, 5.74) is 2.61. The van der Waals surface area contributed by atoms with Crippen LogP contribution >= 0.6 is 11.9 Å². The number of hydrogen-bond acceptors (Lipinski definition) is 5. The van der Waals surface area contributed by atoms with Gasteiger partial charge in [0.05, 0.1) is 6.42 Å². The summed E-state index contributed by atoms with van der Waals surface area (Å²) in [6.45, 7) is 6.20. The van der Waals surface area contributed by atoms with E-state index in [9.17, 15) is 18.0 Å². The van der Waals surface area contributed by atoms with E-state index < -0.39 is 12.3 Å². The number of benzene rings is 2. The lowest BCUT2D eigenvalue weighted by atomic mass is 10.1. The van der Waals surface area contributed by atoms with Crippen molar-refractivity contribution < 1.29 is 27.8 Å². The summed E-state index contributed by atoms with van der Waals surface area (Å²) < 4.78 is 43.1. The molecule has 162 valence electrons. The minimum atomic E-state index is -4.70. The number of carboxylic acids is 1. The number of rotatable bonds is 6. The number of ether oxygens (including phenoxy) is 1. The smallest absolute Gasteiger partial charge is 0.481 e. The molecule has 0 spiro atoms. The van der Waals surface area contributed by atoms with E-state index in [0.717, 1.165) is 41.3 Å².